The summed E-state index contributed by atoms with van der Waals surface area (Å²) in [5, 5.41) is 15.8. The zero-order valence-electron chi connectivity index (χ0n) is 16.5. The first-order valence-electron chi connectivity index (χ1n) is 9.59. The predicted octanol–water partition coefficient (Wildman–Crippen LogP) is 5.30. The Balaban J connectivity index is 1.34. The summed E-state index contributed by atoms with van der Waals surface area (Å²) >= 11 is 7.14. The topological polar surface area (TPSA) is 91.2 Å². The summed E-state index contributed by atoms with van der Waals surface area (Å²) in [5.74, 6) is 1.20. The lowest BCUT2D eigenvalue weighted by molar-refractivity contribution is -0.114. The number of amides is 1. The maximum Gasteiger partial charge on any atom is 0.283 e. The molecule has 0 atom stereocenters. The summed E-state index contributed by atoms with van der Waals surface area (Å²) in [6.07, 6.45) is 1.50. The van der Waals surface area contributed by atoms with Crippen molar-refractivity contribution in [1.82, 2.24) is 5.01 Å². The number of rotatable bonds is 5. The van der Waals surface area contributed by atoms with Crippen LogP contribution in [0, 0.1) is 5.41 Å². The van der Waals surface area contributed by atoms with E-state index in [2.05, 4.69) is 10.1 Å². The Bertz CT molecular complexity index is 1300. The molecule has 9 heteroatoms. The maximum atomic E-state index is 12.6. The second-order valence-electron chi connectivity index (χ2n) is 6.82. The van der Waals surface area contributed by atoms with Gasteiger partial charge in [0.15, 0.2) is 5.84 Å². The van der Waals surface area contributed by atoms with Gasteiger partial charge < -0.3 is 9.15 Å². The first kappa shape index (κ1) is 20.3. The highest BCUT2D eigenvalue weighted by atomic mass is 35.5. The molecule has 5 rings (SSSR count). The molecule has 3 heterocycles. The Morgan fingerprint density at radius 3 is 2.66 bits per heavy atom. The van der Waals surface area contributed by atoms with Crippen molar-refractivity contribution >= 4 is 51.4 Å². The standard InChI is InChI=1S/C23H15ClN4O3S/c24-15-8-6-14(7-9-15)19-11-10-17(31-19)12-18-21(25)28-23(26-22(18)29)32-20(27-28)13-30-16-4-2-1-3-5-16/h1-12,25H,13H2. The van der Waals surface area contributed by atoms with E-state index in [0.717, 1.165) is 5.56 Å². The van der Waals surface area contributed by atoms with Crippen LogP contribution in [0.15, 0.2) is 86.8 Å². The highest BCUT2D eigenvalue weighted by molar-refractivity contribution is 8.27. The van der Waals surface area contributed by atoms with Crippen LogP contribution in [-0.2, 0) is 4.79 Å². The molecule has 7 nitrogen and oxygen atoms in total. The van der Waals surface area contributed by atoms with E-state index in [9.17, 15) is 4.79 Å². The second kappa shape index (κ2) is 8.49. The number of hydrogen-bond donors (Lipinski definition) is 1. The zero-order chi connectivity index (χ0) is 22.1. The molecule has 158 valence electrons. The third-order valence-corrected chi connectivity index (χ3v) is 5.78. The van der Waals surface area contributed by atoms with Crippen LogP contribution in [0.3, 0.4) is 0 Å². The molecule has 0 bridgehead atoms. The highest BCUT2D eigenvalue weighted by Gasteiger charge is 2.36. The van der Waals surface area contributed by atoms with E-state index in [1.54, 1.807) is 24.3 Å². The minimum absolute atomic E-state index is 0.0633. The molecule has 2 aliphatic rings. The number of hydrazone groups is 1. The van der Waals surface area contributed by atoms with Crippen LogP contribution in [0.25, 0.3) is 17.4 Å². The Kier molecular flexibility index (Phi) is 5.38. The molecule has 0 radical (unpaired) electrons. The quantitative estimate of drug-likeness (QED) is 0.519. The van der Waals surface area contributed by atoms with Gasteiger partial charge in [-0.25, -0.2) is 0 Å². The molecule has 2 aromatic carbocycles. The van der Waals surface area contributed by atoms with Crippen molar-refractivity contribution in [2.75, 3.05) is 6.61 Å². The number of thioether (sulfide) groups is 1. The lowest BCUT2D eigenvalue weighted by atomic mass is 10.1. The number of para-hydroxylation sites is 1. The lowest BCUT2D eigenvalue weighted by Crippen LogP contribution is -2.35. The Morgan fingerprint density at radius 2 is 1.88 bits per heavy atom. The highest BCUT2D eigenvalue weighted by Crippen LogP contribution is 2.30. The van der Waals surface area contributed by atoms with Crippen LogP contribution in [-0.4, -0.2) is 33.6 Å². The first-order valence-corrected chi connectivity index (χ1v) is 10.8. The van der Waals surface area contributed by atoms with Gasteiger partial charge in [-0.2, -0.15) is 15.1 Å². The third-order valence-electron chi connectivity index (χ3n) is 4.64. The Hall–Kier alpha value is -3.62. The molecule has 0 saturated heterocycles. The predicted molar refractivity (Wildman–Crippen MR) is 126 cm³/mol. The molecule has 0 saturated carbocycles. The number of aliphatic imine (C=N–C) groups is 1. The number of carbonyl (C=O) groups excluding carboxylic acids is 1. The van der Waals surface area contributed by atoms with Gasteiger partial charge in [0.2, 0.25) is 5.17 Å². The van der Waals surface area contributed by atoms with Crippen LogP contribution in [0.1, 0.15) is 5.76 Å². The van der Waals surface area contributed by atoms with Crippen LogP contribution in [0.5, 0.6) is 5.75 Å². The summed E-state index contributed by atoms with van der Waals surface area (Å²) in [7, 11) is 0. The SMILES string of the molecule is N=C1C(=Cc2ccc(-c3ccc(Cl)cc3)o2)C(=O)N=C2SC(COc3ccccc3)=NN12. The van der Waals surface area contributed by atoms with E-state index in [-0.39, 0.29) is 18.0 Å². The average Bonchev–Trinajstić information content (AvgIpc) is 3.44. The number of fused-ring (bicyclic) bond motifs is 1. The second-order valence-corrected chi connectivity index (χ2v) is 8.30. The summed E-state index contributed by atoms with van der Waals surface area (Å²) in [6, 6.07) is 20.1. The minimum atomic E-state index is -0.515. The maximum absolute atomic E-state index is 12.6. The fourth-order valence-corrected chi connectivity index (χ4v) is 4.02. The van der Waals surface area contributed by atoms with Gasteiger partial charge >= 0.3 is 0 Å². The summed E-state index contributed by atoms with van der Waals surface area (Å²) < 4.78 is 11.5. The molecule has 0 fully saturated rings. The van der Waals surface area contributed by atoms with Gasteiger partial charge in [0.1, 0.15) is 28.9 Å². The average molecular weight is 463 g/mol. The number of amidine groups is 2. The number of ether oxygens (including phenoxy) is 1. The van der Waals surface area contributed by atoms with E-state index in [1.165, 1.54) is 22.8 Å². The molecular formula is C23H15ClN4O3S. The smallest absolute Gasteiger partial charge is 0.283 e. The van der Waals surface area contributed by atoms with Gasteiger partial charge in [-0.3, -0.25) is 10.2 Å². The molecular weight excluding hydrogens is 448 g/mol. The number of carbonyl (C=O) groups is 1. The van der Waals surface area contributed by atoms with Crippen molar-refractivity contribution in [3.05, 3.63) is 83.1 Å². The van der Waals surface area contributed by atoms with Gasteiger partial charge in [-0.05, 0) is 66.4 Å². The Morgan fingerprint density at radius 1 is 1.09 bits per heavy atom. The molecule has 0 unspecified atom stereocenters. The molecule has 1 aromatic heterocycles. The van der Waals surface area contributed by atoms with E-state index in [0.29, 0.717) is 32.5 Å². The van der Waals surface area contributed by atoms with E-state index >= 15 is 0 Å². The summed E-state index contributed by atoms with van der Waals surface area (Å²) in [5.41, 5.74) is 0.952. The largest absolute Gasteiger partial charge is 0.487 e. The van der Waals surface area contributed by atoms with Crippen LogP contribution < -0.4 is 4.74 Å². The fourth-order valence-electron chi connectivity index (χ4n) is 3.09. The van der Waals surface area contributed by atoms with Crippen molar-refractivity contribution in [3.63, 3.8) is 0 Å². The van der Waals surface area contributed by atoms with Gasteiger partial charge in [0, 0.05) is 10.6 Å². The lowest BCUT2D eigenvalue weighted by Gasteiger charge is -2.19. The van der Waals surface area contributed by atoms with Gasteiger partial charge in [-0.1, -0.05) is 29.8 Å². The number of hydrogen-bond acceptors (Lipinski definition) is 6. The molecule has 0 aliphatic carbocycles. The van der Waals surface area contributed by atoms with Crippen LogP contribution in [0.4, 0.5) is 0 Å². The van der Waals surface area contributed by atoms with Crippen LogP contribution in [0.2, 0.25) is 5.02 Å². The Labute approximate surface area is 192 Å². The molecule has 1 N–H and O–H groups in total. The number of nitrogens with one attached hydrogen (secondary N) is 1. The van der Waals surface area contributed by atoms with Gasteiger partial charge in [0.05, 0.1) is 5.57 Å². The monoisotopic (exact) mass is 462 g/mol. The molecule has 0 spiro atoms. The van der Waals surface area contributed by atoms with Crippen molar-refractivity contribution in [1.29, 1.82) is 5.41 Å². The van der Waals surface area contributed by atoms with Crippen molar-refractivity contribution in [2.45, 2.75) is 0 Å². The van der Waals surface area contributed by atoms with E-state index < -0.39 is 5.91 Å². The molecule has 32 heavy (non-hydrogen) atoms. The summed E-state index contributed by atoms with van der Waals surface area (Å²) in [4.78, 5) is 16.7. The number of nitrogens with zero attached hydrogens (tertiary/aromatic N) is 3. The zero-order valence-corrected chi connectivity index (χ0v) is 18.1. The number of halogens is 1. The molecule has 3 aromatic rings. The number of benzene rings is 2. The fraction of sp³-hybridized carbons (Fsp3) is 0.0435. The normalized spacial score (nSPS) is 16.8. The first-order chi connectivity index (χ1) is 15.6. The molecule has 1 amide bonds. The number of furan rings is 1. The van der Waals surface area contributed by atoms with Crippen molar-refractivity contribution in [3.8, 4) is 17.1 Å². The van der Waals surface area contributed by atoms with Crippen molar-refractivity contribution in [2.24, 2.45) is 10.1 Å². The van der Waals surface area contributed by atoms with Crippen molar-refractivity contribution < 1.29 is 13.9 Å². The van der Waals surface area contributed by atoms with Gasteiger partial charge in [-0.15, -0.1) is 0 Å². The van der Waals surface area contributed by atoms with E-state index in [1.807, 2.05) is 42.5 Å². The van der Waals surface area contributed by atoms with Gasteiger partial charge in [0.25, 0.3) is 5.91 Å². The summed E-state index contributed by atoms with van der Waals surface area (Å²) in [6.45, 7) is 0.216. The minimum Gasteiger partial charge on any atom is -0.487 e. The third kappa shape index (κ3) is 4.10. The van der Waals surface area contributed by atoms with Crippen LogP contribution >= 0.6 is 23.4 Å². The van der Waals surface area contributed by atoms with E-state index in [4.69, 9.17) is 26.2 Å². The molecule has 2 aliphatic heterocycles.